The molecule has 0 heterocycles. The zero-order chi connectivity index (χ0) is 9.52. The van der Waals surface area contributed by atoms with Crippen LogP contribution in [0.25, 0.3) is 0 Å². The van der Waals surface area contributed by atoms with E-state index in [1.165, 1.54) is 12.8 Å². The van der Waals surface area contributed by atoms with Gasteiger partial charge in [-0.05, 0) is 26.2 Å². The van der Waals surface area contributed by atoms with E-state index in [1.54, 1.807) is 0 Å². The van der Waals surface area contributed by atoms with Crippen molar-refractivity contribution in [1.82, 2.24) is 4.90 Å². The number of allylic oxidation sites excluding steroid dienone is 3. The molecule has 0 N–H and O–H groups in total. The highest BCUT2D eigenvalue weighted by atomic mass is 16.1. The molecule has 13 heavy (non-hydrogen) atoms. The molecule has 0 aromatic rings. The third-order valence-corrected chi connectivity index (χ3v) is 2.14. The van der Waals surface area contributed by atoms with Crippen molar-refractivity contribution in [1.29, 1.82) is 0 Å². The molecular formula is C11H17NO. The van der Waals surface area contributed by atoms with Gasteiger partial charge in [-0.25, -0.2) is 0 Å². The van der Waals surface area contributed by atoms with Crippen molar-refractivity contribution >= 4 is 6.41 Å². The Morgan fingerprint density at radius 1 is 1.38 bits per heavy atom. The molecule has 0 spiro atoms. The fraction of sp³-hybridized carbons (Fsp3) is 0.545. The Morgan fingerprint density at radius 3 is 2.69 bits per heavy atom. The summed E-state index contributed by atoms with van der Waals surface area (Å²) in [6, 6.07) is 0.549. The molecule has 1 amide bonds. The Bertz CT molecular complexity index is 204. The summed E-state index contributed by atoms with van der Waals surface area (Å²) in [5.41, 5.74) is 0. The van der Waals surface area contributed by atoms with Crippen molar-refractivity contribution in [2.24, 2.45) is 0 Å². The molecule has 1 fully saturated rings. The van der Waals surface area contributed by atoms with Crippen LogP contribution in [0, 0.1) is 0 Å². The summed E-state index contributed by atoms with van der Waals surface area (Å²) >= 11 is 0. The van der Waals surface area contributed by atoms with Crippen molar-refractivity contribution in [2.75, 3.05) is 6.54 Å². The first-order valence-corrected chi connectivity index (χ1v) is 4.87. The summed E-state index contributed by atoms with van der Waals surface area (Å²) in [4.78, 5) is 12.5. The highest BCUT2D eigenvalue weighted by Gasteiger charge is 2.26. The molecule has 0 bridgehead atoms. The predicted molar refractivity (Wildman–Crippen MR) is 54.4 cm³/mol. The lowest BCUT2D eigenvalue weighted by molar-refractivity contribution is -0.118. The van der Waals surface area contributed by atoms with E-state index in [9.17, 15) is 4.79 Å². The summed E-state index contributed by atoms with van der Waals surface area (Å²) < 4.78 is 0. The van der Waals surface area contributed by atoms with Crippen molar-refractivity contribution in [3.63, 3.8) is 0 Å². The topological polar surface area (TPSA) is 20.3 Å². The van der Waals surface area contributed by atoms with Gasteiger partial charge in [0, 0.05) is 12.6 Å². The van der Waals surface area contributed by atoms with E-state index in [1.807, 2.05) is 30.1 Å². The highest BCUT2D eigenvalue weighted by molar-refractivity contribution is 5.48. The minimum atomic E-state index is 0.549. The number of amides is 1. The molecular weight excluding hydrogens is 162 g/mol. The highest BCUT2D eigenvalue weighted by Crippen LogP contribution is 2.25. The fourth-order valence-electron chi connectivity index (χ4n) is 1.24. The number of hydrogen-bond donors (Lipinski definition) is 0. The summed E-state index contributed by atoms with van der Waals surface area (Å²) in [6.45, 7) is 2.86. The summed E-state index contributed by atoms with van der Waals surface area (Å²) in [5, 5.41) is 0. The van der Waals surface area contributed by atoms with Gasteiger partial charge in [0.2, 0.25) is 6.41 Å². The zero-order valence-electron chi connectivity index (χ0n) is 8.15. The molecule has 72 valence electrons. The number of hydrogen-bond acceptors (Lipinski definition) is 1. The van der Waals surface area contributed by atoms with Gasteiger partial charge in [-0.1, -0.05) is 24.3 Å². The Hall–Kier alpha value is -1.05. The fourth-order valence-corrected chi connectivity index (χ4v) is 1.24. The van der Waals surface area contributed by atoms with Crippen LogP contribution in [0.1, 0.15) is 26.2 Å². The lowest BCUT2D eigenvalue weighted by Crippen LogP contribution is -2.24. The molecule has 1 saturated carbocycles. The minimum Gasteiger partial charge on any atom is -0.342 e. The predicted octanol–water partition coefficient (Wildman–Crippen LogP) is 2.13. The lowest BCUT2D eigenvalue weighted by Gasteiger charge is -2.14. The molecule has 0 radical (unpaired) electrons. The zero-order valence-corrected chi connectivity index (χ0v) is 8.15. The molecule has 0 saturated heterocycles. The normalized spacial score (nSPS) is 17.0. The van der Waals surface area contributed by atoms with Crippen LogP contribution in [0.2, 0.25) is 0 Å². The van der Waals surface area contributed by atoms with Crippen LogP contribution in [0.4, 0.5) is 0 Å². The van der Waals surface area contributed by atoms with E-state index in [0.29, 0.717) is 6.04 Å². The van der Waals surface area contributed by atoms with Crippen molar-refractivity contribution in [3.05, 3.63) is 24.3 Å². The minimum absolute atomic E-state index is 0.549. The number of carbonyl (C=O) groups excluding carboxylic acids is 1. The molecule has 1 rings (SSSR count). The van der Waals surface area contributed by atoms with Gasteiger partial charge in [0.05, 0.1) is 0 Å². The first kappa shape index (κ1) is 10.0. The maximum absolute atomic E-state index is 10.6. The number of nitrogens with zero attached hydrogens (tertiary/aromatic N) is 1. The van der Waals surface area contributed by atoms with E-state index in [-0.39, 0.29) is 0 Å². The van der Waals surface area contributed by atoms with Crippen LogP contribution in [0.5, 0.6) is 0 Å². The Morgan fingerprint density at radius 2 is 2.15 bits per heavy atom. The molecule has 0 aromatic carbocycles. The van der Waals surface area contributed by atoms with Gasteiger partial charge in [-0.2, -0.15) is 0 Å². The monoisotopic (exact) mass is 179 g/mol. The first-order chi connectivity index (χ1) is 6.38. The largest absolute Gasteiger partial charge is 0.342 e. The molecule has 0 aromatic heterocycles. The van der Waals surface area contributed by atoms with Gasteiger partial charge < -0.3 is 4.90 Å². The Labute approximate surface area is 79.9 Å². The van der Waals surface area contributed by atoms with Crippen molar-refractivity contribution < 1.29 is 4.79 Å². The second-order valence-corrected chi connectivity index (χ2v) is 3.32. The summed E-state index contributed by atoms with van der Waals surface area (Å²) in [7, 11) is 0. The van der Waals surface area contributed by atoms with Crippen LogP contribution in [-0.2, 0) is 4.79 Å². The van der Waals surface area contributed by atoms with Gasteiger partial charge in [-0.15, -0.1) is 0 Å². The SMILES string of the molecule is C/C=C\C=C/CCN(C=O)C1CC1. The van der Waals surface area contributed by atoms with Crippen LogP contribution >= 0.6 is 0 Å². The third-order valence-electron chi connectivity index (χ3n) is 2.14. The van der Waals surface area contributed by atoms with Crippen molar-refractivity contribution in [3.8, 4) is 0 Å². The second-order valence-electron chi connectivity index (χ2n) is 3.32. The van der Waals surface area contributed by atoms with Gasteiger partial charge in [-0.3, -0.25) is 4.79 Å². The summed E-state index contributed by atoms with van der Waals surface area (Å²) in [5.74, 6) is 0. The molecule has 2 heteroatoms. The van der Waals surface area contributed by atoms with E-state index in [2.05, 4.69) is 6.08 Å². The summed E-state index contributed by atoms with van der Waals surface area (Å²) in [6.07, 6.45) is 12.4. The van der Waals surface area contributed by atoms with Gasteiger partial charge in [0.15, 0.2) is 0 Å². The van der Waals surface area contributed by atoms with Crippen LogP contribution in [0.3, 0.4) is 0 Å². The van der Waals surface area contributed by atoms with E-state index < -0.39 is 0 Å². The van der Waals surface area contributed by atoms with Gasteiger partial charge >= 0.3 is 0 Å². The average Bonchev–Trinajstić information content (AvgIpc) is 2.95. The smallest absolute Gasteiger partial charge is 0.209 e. The number of rotatable bonds is 6. The molecule has 1 aliphatic carbocycles. The molecule has 0 aliphatic heterocycles. The first-order valence-electron chi connectivity index (χ1n) is 4.87. The van der Waals surface area contributed by atoms with Crippen LogP contribution in [-0.4, -0.2) is 23.9 Å². The molecule has 1 aliphatic rings. The lowest BCUT2D eigenvalue weighted by atomic mass is 10.3. The molecule has 0 atom stereocenters. The molecule has 2 nitrogen and oxygen atoms in total. The third kappa shape index (κ3) is 3.92. The van der Waals surface area contributed by atoms with Gasteiger partial charge in [0.1, 0.15) is 0 Å². The van der Waals surface area contributed by atoms with E-state index in [4.69, 9.17) is 0 Å². The average molecular weight is 179 g/mol. The standard InChI is InChI=1S/C11H17NO/c1-2-3-4-5-6-9-12(10-13)11-7-8-11/h2-5,10-11H,6-9H2,1H3/b3-2-,5-4-. The molecule has 0 unspecified atom stereocenters. The van der Waals surface area contributed by atoms with Crippen molar-refractivity contribution in [2.45, 2.75) is 32.2 Å². The van der Waals surface area contributed by atoms with Gasteiger partial charge in [0.25, 0.3) is 0 Å². The quantitative estimate of drug-likeness (QED) is 0.452. The Balaban J connectivity index is 2.12. The van der Waals surface area contributed by atoms with E-state index >= 15 is 0 Å². The van der Waals surface area contributed by atoms with Crippen LogP contribution < -0.4 is 0 Å². The Kier molecular flexibility index (Phi) is 4.30. The second kappa shape index (κ2) is 5.57. The maximum atomic E-state index is 10.6. The maximum Gasteiger partial charge on any atom is 0.209 e. The number of carbonyl (C=O) groups is 1. The van der Waals surface area contributed by atoms with E-state index in [0.717, 1.165) is 19.4 Å². The van der Waals surface area contributed by atoms with Crippen LogP contribution in [0.15, 0.2) is 24.3 Å².